The standard InChI is InChI=1S/C18H21NO3/c1-3-14-15-6-4-5-7-16(15)22-18(14)13(2)12-17(20)19-8-10-21-11-9-19/h4-7,12H,3,8-11H2,1-2H3. The lowest BCUT2D eigenvalue weighted by Crippen LogP contribution is -2.39. The van der Waals surface area contributed by atoms with Crippen LogP contribution in [0.4, 0.5) is 0 Å². The number of benzene rings is 1. The van der Waals surface area contributed by atoms with E-state index in [9.17, 15) is 4.79 Å². The average Bonchev–Trinajstić information content (AvgIpc) is 2.94. The molecule has 0 spiro atoms. The number of para-hydroxylation sites is 1. The second kappa shape index (κ2) is 6.36. The van der Waals surface area contributed by atoms with Crippen molar-refractivity contribution in [3.63, 3.8) is 0 Å². The van der Waals surface area contributed by atoms with Crippen molar-refractivity contribution in [2.24, 2.45) is 0 Å². The summed E-state index contributed by atoms with van der Waals surface area (Å²) in [5.41, 5.74) is 2.92. The maximum atomic E-state index is 12.3. The predicted octanol–water partition coefficient (Wildman–Crippen LogP) is 3.26. The zero-order valence-corrected chi connectivity index (χ0v) is 13.1. The van der Waals surface area contributed by atoms with E-state index in [1.54, 1.807) is 6.08 Å². The van der Waals surface area contributed by atoms with E-state index in [4.69, 9.17) is 9.15 Å². The van der Waals surface area contributed by atoms with Gasteiger partial charge in [0.15, 0.2) is 0 Å². The van der Waals surface area contributed by atoms with E-state index in [0.717, 1.165) is 28.7 Å². The van der Waals surface area contributed by atoms with Gasteiger partial charge in [0.25, 0.3) is 0 Å². The van der Waals surface area contributed by atoms with E-state index in [-0.39, 0.29) is 5.91 Å². The number of carbonyl (C=O) groups excluding carboxylic acids is 1. The molecule has 1 aromatic heterocycles. The number of carbonyl (C=O) groups is 1. The molecule has 1 aromatic carbocycles. The van der Waals surface area contributed by atoms with Crippen LogP contribution in [0.25, 0.3) is 16.5 Å². The fourth-order valence-corrected chi connectivity index (χ4v) is 2.89. The number of ether oxygens (including phenoxy) is 1. The Labute approximate surface area is 130 Å². The lowest BCUT2D eigenvalue weighted by atomic mass is 10.0. The molecule has 4 nitrogen and oxygen atoms in total. The smallest absolute Gasteiger partial charge is 0.247 e. The van der Waals surface area contributed by atoms with Crippen molar-refractivity contribution >= 4 is 22.4 Å². The first-order valence-corrected chi connectivity index (χ1v) is 7.76. The Kier molecular flexibility index (Phi) is 4.29. The molecule has 0 N–H and O–H groups in total. The van der Waals surface area contributed by atoms with Gasteiger partial charge < -0.3 is 14.1 Å². The van der Waals surface area contributed by atoms with Crippen LogP contribution in [0.15, 0.2) is 34.8 Å². The summed E-state index contributed by atoms with van der Waals surface area (Å²) >= 11 is 0. The normalized spacial score (nSPS) is 16.3. The third-order valence-electron chi connectivity index (χ3n) is 4.07. The van der Waals surface area contributed by atoms with Crippen molar-refractivity contribution in [1.82, 2.24) is 4.90 Å². The molecule has 1 aliphatic heterocycles. The van der Waals surface area contributed by atoms with E-state index in [1.807, 2.05) is 30.0 Å². The molecule has 0 atom stereocenters. The number of aryl methyl sites for hydroxylation is 1. The quantitative estimate of drug-likeness (QED) is 0.817. The van der Waals surface area contributed by atoms with Gasteiger partial charge >= 0.3 is 0 Å². The summed E-state index contributed by atoms with van der Waals surface area (Å²) < 4.78 is 11.3. The Hall–Kier alpha value is -2.07. The van der Waals surface area contributed by atoms with Gasteiger partial charge in [-0.1, -0.05) is 25.1 Å². The monoisotopic (exact) mass is 299 g/mol. The van der Waals surface area contributed by atoms with Crippen LogP contribution in [-0.4, -0.2) is 37.1 Å². The molecule has 2 heterocycles. The van der Waals surface area contributed by atoms with Crippen molar-refractivity contribution < 1.29 is 13.9 Å². The highest BCUT2D eigenvalue weighted by Crippen LogP contribution is 2.31. The van der Waals surface area contributed by atoms with E-state index < -0.39 is 0 Å². The van der Waals surface area contributed by atoms with Crippen LogP contribution in [-0.2, 0) is 16.0 Å². The van der Waals surface area contributed by atoms with Gasteiger partial charge in [-0.15, -0.1) is 0 Å². The molecular formula is C18H21NO3. The molecule has 0 aliphatic carbocycles. The minimum absolute atomic E-state index is 0.0308. The molecule has 0 bridgehead atoms. The first-order chi connectivity index (χ1) is 10.7. The fraction of sp³-hybridized carbons (Fsp3) is 0.389. The minimum atomic E-state index is 0.0308. The summed E-state index contributed by atoms with van der Waals surface area (Å²) in [6.45, 7) is 6.59. The summed E-state index contributed by atoms with van der Waals surface area (Å²) in [5.74, 6) is 0.855. The molecule has 1 aliphatic rings. The van der Waals surface area contributed by atoms with Crippen LogP contribution in [0.3, 0.4) is 0 Å². The average molecular weight is 299 g/mol. The molecule has 116 valence electrons. The number of hydrogen-bond acceptors (Lipinski definition) is 3. The minimum Gasteiger partial charge on any atom is -0.456 e. The highest BCUT2D eigenvalue weighted by molar-refractivity contribution is 5.96. The molecule has 0 saturated carbocycles. The number of allylic oxidation sites excluding steroid dienone is 1. The second-order valence-corrected chi connectivity index (χ2v) is 5.52. The Balaban J connectivity index is 1.92. The van der Waals surface area contributed by atoms with Gasteiger partial charge in [-0.3, -0.25) is 4.79 Å². The largest absolute Gasteiger partial charge is 0.456 e. The summed E-state index contributed by atoms with van der Waals surface area (Å²) in [5, 5.41) is 1.13. The lowest BCUT2D eigenvalue weighted by molar-refractivity contribution is -0.129. The van der Waals surface area contributed by atoms with Crippen LogP contribution in [0, 0.1) is 0 Å². The van der Waals surface area contributed by atoms with Crippen LogP contribution in [0.1, 0.15) is 25.2 Å². The summed E-state index contributed by atoms with van der Waals surface area (Å²) in [7, 11) is 0. The van der Waals surface area contributed by atoms with Crippen LogP contribution >= 0.6 is 0 Å². The number of amides is 1. The molecule has 3 rings (SSSR count). The molecule has 0 radical (unpaired) electrons. The Morgan fingerprint density at radius 1 is 1.27 bits per heavy atom. The SMILES string of the molecule is CCc1c(C(C)=CC(=O)N2CCOCC2)oc2ccccc12. The number of morpholine rings is 1. The molecular weight excluding hydrogens is 278 g/mol. The van der Waals surface area contributed by atoms with Gasteiger partial charge in [-0.2, -0.15) is 0 Å². The van der Waals surface area contributed by atoms with Crippen molar-refractivity contribution in [2.45, 2.75) is 20.3 Å². The van der Waals surface area contributed by atoms with Gasteiger partial charge in [0, 0.05) is 30.1 Å². The lowest BCUT2D eigenvalue weighted by Gasteiger charge is -2.25. The topological polar surface area (TPSA) is 42.7 Å². The van der Waals surface area contributed by atoms with Gasteiger partial charge in [-0.25, -0.2) is 0 Å². The van der Waals surface area contributed by atoms with Gasteiger partial charge in [-0.05, 0) is 25.0 Å². The van der Waals surface area contributed by atoms with Crippen LogP contribution in [0.5, 0.6) is 0 Å². The van der Waals surface area contributed by atoms with Crippen molar-refractivity contribution in [3.05, 3.63) is 41.7 Å². The zero-order valence-electron chi connectivity index (χ0n) is 13.1. The number of nitrogens with zero attached hydrogens (tertiary/aromatic N) is 1. The van der Waals surface area contributed by atoms with E-state index in [2.05, 4.69) is 13.0 Å². The third kappa shape index (κ3) is 2.79. The van der Waals surface area contributed by atoms with E-state index in [0.29, 0.717) is 26.3 Å². The third-order valence-corrected chi connectivity index (χ3v) is 4.07. The molecule has 1 fully saturated rings. The summed E-state index contributed by atoms with van der Waals surface area (Å²) in [6, 6.07) is 8.01. The first-order valence-electron chi connectivity index (χ1n) is 7.76. The molecule has 1 saturated heterocycles. The molecule has 4 heteroatoms. The Bertz CT molecular complexity index is 708. The molecule has 1 amide bonds. The summed E-state index contributed by atoms with van der Waals surface area (Å²) in [4.78, 5) is 14.2. The number of hydrogen-bond donors (Lipinski definition) is 0. The van der Waals surface area contributed by atoms with Gasteiger partial charge in [0.2, 0.25) is 5.91 Å². The molecule has 22 heavy (non-hydrogen) atoms. The number of rotatable bonds is 3. The maximum absolute atomic E-state index is 12.3. The second-order valence-electron chi connectivity index (χ2n) is 5.52. The Morgan fingerprint density at radius 3 is 2.73 bits per heavy atom. The Morgan fingerprint density at radius 2 is 2.00 bits per heavy atom. The van der Waals surface area contributed by atoms with Crippen molar-refractivity contribution in [1.29, 1.82) is 0 Å². The van der Waals surface area contributed by atoms with E-state index >= 15 is 0 Å². The summed E-state index contributed by atoms with van der Waals surface area (Å²) in [6.07, 6.45) is 2.56. The van der Waals surface area contributed by atoms with Crippen molar-refractivity contribution in [3.8, 4) is 0 Å². The highest BCUT2D eigenvalue weighted by Gasteiger charge is 2.18. The fourth-order valence-electron chi connectivity index (χ4n) is 2.89. The zero-order chi connectivity index (χ0) is 15.5. The van der Waals surface area contributed by atoms with Crippen molar-refractivity contribution in [2.75, 3.05) is 26.3 Å². The number of furan rings is 1. The van der Waals surface area contributed by atoms with E-state index in [1.165, 1.54) is 5.56 Å². The van der Waals surface area contributed by atoms with Crippen LogP contribution in [0.2, 0.25) is 0 Å². The first kappa shape index (κ1) is 14.9. The maximum Gasteiger partial charge on any atom is 0.247 e. The van der Waals surface area contributed by atoms with Gasteiger partial charge in [0.1, 0.15) is 11.3 Å². The van der Waals surface area contributed by atoms with Crippen LogP contribution < -0.4 is 0 Å². The van der Waals surface area contributed by atoms with Gasteiger partial charge in [0.05, 0.1) is 13.2 Å². The highest BCUT2D eigenvalue weighted by atomic mass is 16.5. The number of fused-ring (bicyclic) bond motifs is 1. The predicted molar refractivity (Wildman–Crippen MR) is 86.6 cm³/mol. The molecule has 0 unspecified atom stereocenters. The molecule has 2 aromatic rings.